The molecule has 0 bridgehead atoms. The monoisotopic (exact) mass is 312 g/mol. The molecule has 98 valence electrons. The molecule has 4 nitrogen and oxygen atoms in total. The number of nitrogens with zero attached hydrogens (tertiary/aromatic N) is 1. The number of carbonyl (C=O) groups is 1. The number of rotatable bonds is 4. The maximum absolute atomic E-state index is 11.7. The van der Waals surface area contributed by atoms with Gasteiger partial charge in [0.05, 0.1) is 6.10 Å². The molecular weight excluding hydrogens is 296 g/mol. The van der Waals surface area contributed by atoms with Gasteiger partial charge in [-0.15, -0.1) is 0 Å². The summed E-state index contributed by atoms with van der Waals surface area (Å²) < 4.78 is 6.49. The zero-order valence-electron chi connectivity index (χ0n) is 10.2. The van der Waals surface area contributed by atoms with E-state index in [2.05, 4.69) is 26.2 Å². The van der Waals surface area contributed by atoms with Crippen LogP contribution in [0.25, 0.3) is 0 Å². The van der Waals surface area contributed by atoms with E-state index in [4.69, 9.17) is 4.74 Å². The van der Waals surface area contributed by atoms with Crippen LogP contribution < -0.4 is 5.32 Å². The summed E-state index contributed by atoms with van der Waals surface area (Å²) >= 11 is 3.30. The summed E-state index contributed by atoms with van der Waals surface area (Å²) in [4.78, 5) is 15.8. The Morgan fingerprint density at radius 2 is 2.39 bits per heavy atom. The van der Waals surface area contributed by atoms with Gasteiger partial charge < -0.3 is 10.1 Å². The average Bonchev–Trinajstić information content (AvgIpc) is 2.40. The predicted octanol–water partition coefficient (Wildman–Crippen LogP) is 3.13. The first-order chi connectivity index (χ1) is 8.74. The van der Waals surface area contributed by atoms with Gasteiger partial charge in [0, 0.05) is 23.7 Å². The summed E-state index contributed by atoms with van der Waals surface area (Å²) in [7, 11) is 0. The lowest BCUT2D eigenvalue weighted by Gasteiger charge is -2.22. The van der Waals surface area contributed by atoms with E-state index in [0.717, 1.165) is 30.3 Å². The normalized spacial score (nSPS) is 19.5. The van der Waals surface area contributed by atoms with Crippen molar-refractivity contribution in [1.82, 2.24) is 4.98 Å². The van der Waals surface area contributed by atoms with Crippen LogP contribution >= 0.6 is 15.9 Å². The molecule has 1 aliphatic rings. The van der Waals surface area contributed by atoms with Crippen molar-refractivity contribution in [3.05, 3.63) is 22.8 Å². The second kappa shape index (κ2) is 6.85. The van der Waals surface area contributed by atoms with Gasteiger partial charge in [-0.1, -0.05) is 0 Å². The van der Waals surface area contributed by atoms with E-state index >= 15 is 0 Å². The first-order valence-corrected chi connectivity index (χ1v) is 7.06. The molecular formula is C13H17BrN2O2. The Morgan fingerprint density at radius 3 is 3.06 bits per heavy atom. The van der Waals surface area contributed by atoms with Crippen molar-refractivity contribution in [3.8, 4) is 0 Å². The second-order valence-electron chi connectivity index (χ2n) is 4.44. The Labute approximate surface area is 115 Å². The quantitative estimate of drug-likeness (QED) is 0.929. The Morgan fingerprint density at radius 1 is 1.50 bits per heavy atom. The average molecular weight is 313 g/mol. The smallest absolute Gasteiger partial charge is 0.225 e. The van der Waals surface area contributed by atoms with Crippen LogP contribution in [0, 0.1) is 0 Å². The third-order valence-electron chi connectivity index (χ3n) is 2.96. The molecule has 1 aliphatic heterocycles. The molecule has 1 amide bonds. The van der Waals surface area contributed by atoms with Gasteiger partial charge in [-0.05, 0) is 53.7 Å². The molecule has 1 aromatic heterocycles. The first kappa shape index (κ1) is 13.5. The van der Waals surface area contributed by atoms with Crippen molar-refractivity contribution < 1.29 is 9.53 Å². The Hall–Kier alpha value is -0.940. The number of halogens is 1. The molecule has 1 unspecified atom stereocenters. The van der Waals surface area contributed by atoms with E-state index < -0.39 is 0 Å². The Balaban J connectivity index is 1.73. The minimum atomic E-state index is -0.000930. The standard InChI is InChI=1S/C13H17BrN2O2/c14-10-4-6-12(15-9-10)16-13(17)7-5-11-3-1-2-8-18-11/h4,6,9,11H,1-3,5,7-8H2,(H,15,16,17). The number of carbonyl (C=O) groups excluding carboxylic acids is 1. The van der Waals surface area contributed by atoms with Gasteiger partial charge in [-0.3, -0.25) is 4.79 Å². The van der Waals surface area contributed by atoms with Gasteiger partial charge in [-0.2, -0.15) is 0 Å². The van der Waals surface area contributed by atoms with E-state index in [1.54, 1.807) is 12.3 Å². The lowest BCUT2D eigenvalue weighted by atomic mass is 10.0. The zero-order chi connectivity index (χ0) is 12.8. The topological polar surface area (TPSA) is 51.2 Å². The van der Waals surface area contributed by atoms with Gasteiger partial charge >= 0.3 is 0 Å². The van der Waals surface area contributed by atoms with Gasteiger partial charge in [0.25, 0.3) is 0 Å². The molecule has 0 radical (unpaired) electrons. The minimum absolute atomic E-state index is 0.000930. The van der Waals surface area contributed by atoms with E-state index in [0.29, 0.717) is 12.2 Å². The van der Waals surface area contributed by atoms with Crippen LogP contribution in [0.4, 0.5) is 5.82 Å². The molecule has 1 aromatic rings. The van der Waals surface area contributed by atoms with E-state index in [1.807, 2.05) is 6.07 Å². The lowest BCUT2D eigenvalue weighted by Crippen LogP contribution is -2.21. The molecule has 5 heteroatoms. The minimum Gasteiger partial charge on any atom is -0.378 e. The summed E-state index contributed by atoms with van der Waals surface area (Å²) in [5.74, 6) is 0.590. The fourth-order valence-electron chi connectivity index (χ4n) is 1.98. The molecule has 0 aromatic carbocycles. The fraction of sp³-hybridized carbons (Fsp3) is 0.538. The molecule has 18 heavy (non-hydrogen) atoms. The molecule has 0 aliphatic carbocycles. The van der Waals surface area contributed by atoms with Crippen molar-refractivity contribution >= 4 is 27.7 Å². The molecule has 0 saturated carbocycles. The van der Waals surface area contributed by atoms with Crippen LogP contribution in [0.5, 0.6) is 0 Å². The number of hydrogen-bond donors (Lipinski definition) is 1. The Bertz CT molecular complexity index is 388. The summed E-state index contributed by atoms with van der Waals surface area (Å²) in [5.41, 5.74) is 0. The number of hydrogen-bond acceptors (Lipinski definition) is 3. The van der Waals surface area contributed by atoms with E-state index in [-0.39, 0.29) is 12.0 Å². The van der Waals surface area contributed by atoms with E-state index in [1.165, 1.54) is 6.42 Å². The predicted molar refractivity (Wildman–Crippen MR) is 73.4 cm³/mol. The van der Waals surface area contributed by atoms with Crippen LogP contribution in [-0.4, -0.2) is 23.6 Å². The molecule has 2 rings (SSSR count). The number of anilines is 1. The fourth-order valence-corrected chi connectivity index (χ4v) is 2.22. The maximum atomic E-state index is 11.7. The highest BCUT2D eigenvalue weighted by molar-refractivity contribution is 9.10. The van der Waals surface area contributed by atoms with Gasteiger partial charge in [-0.25, -0.2) is 4.98 Å². The molecule has 0 spiro atoms. The Kier molecular flexibility index (Phi) is 5.13. The summed E-state index contributed by atoms with van der Waals surface area (Å²) in [6, 6.07) is 3.63. The highest BCUT2D eigenvalue weighted by atomic mass is 79.9. The van der Waals surface area contributed by atoms with Crippen molar-refractivity contribution in [1.29, 1.82) is 0 Å². The van der Waals surface area contributed by atoms with Crippen LogP contribution in [0.2, 0.25) is 0 Å². The lowest BCUT2D eigenvalue weighted by molar-refractivity contribution is -0.117. The number of pyridine rings is 1. The molecule has 1 saturated heterocycles. The summed E-state index contributed by atoms with van der Waals surface area (Å²) in [6.07, 6.45) is 6.63. The van der Waals surface area contributed by atoms with Crippen molar-refractivity contribution in [2.75, 3.05) is 11.9 Å². The van der Waals surface area contributed by atoms with Crippen LogP contribution in [0.1, 0.15) is 32.1 Å². The highest BCUT2D eigenvalue weighted by Gasteiger charge is 2.15. The van der Waals surface area contributed by atoms with Crippen LogP contribution in [0.15, 0.2) is 22.8 Å². The third kappa shape index (κ3) is 4.38. The third-order valence-corrected chi connectivity index (χ3v) is 3.43. The van der Waals surface area contributed by atoms with Gasteiger partial charge in [0.15, 0.2) is 0 Å². The number of amides is 1. The SMILES string of the molecule is O=C(CCC1CCCCO1)Nc1ccc(Br)cn1. The number of aromatic nitrogens is 1. The molecule has 1 fully saturated rings. The first-order valence-electron chi connectivity index (χ1n) is 6.27. The van der Waals surface area contributed by atoms with E-state index in [9.17, 15) is 4.79 Å². The van der Waals surface area contributed by atoms with Crippen LogP contribution in [0.3, 0.4) is 0 Å². The number of nitrogens with one attached hydrogen (secondary N) is 1. The second-order valence-corrected chi connectivity index (χ2v) is 5.35. The number of ether oxygens (including phenoxy) is 1. The largest absolute Gasteiger partial charge is 0.378 e. The van der Waals surface area contributed by atoms with Gasteiger partial charge in [0.2, 0.25) is 5.91 Å². The van der Waals surface area contributed by atoms with Crippen molar-refractivity contribution in [2.45, 2.75) is 38.2 Å². The zero-order valence-corrected chi connectivity index (χ0v) is 11.8. The highest BCUT2D eigenvalue weighted by Crippen LogP contribution is 2.17. The molecule has 1 atom stereocenters. The maximum Gasteiger partial charge on any atom is 0.225 e. The summed E-state index contributed by atoms with van der Waals surface area (Å²) in [5, 5.41) is 2.78. The van der Waals surface area contributed by atoms with Crippen molar-refractivity contribution in [2.24, 2.45) is 0 Å². The molecule has 2 heterocycles. The van der Waals surface area contributed by atoms with Gasteiger partial charge in [0.1, 0.15) is 5.82 Å². The molecule has 1 N–H and O–H groups in total. The van der Waals surface area contributed by atoms with Crippen LogP contribution in [-0.2, 0) is 9.53 Å². The van der Waals surface area contributed by atoms with Crippen molar-refractivity contribution in [3.63, 3.8) is 0 Å². The summed E-state index contributed by atoms with van der Waals surface area (Å²) in [6.45, 7) is 0.834.